The molecule has 6 nitrogen and oxygen atoms in total. The van der Waals surface area contributed by atoms with E-state index in [0.717, 1.165) is 0 Å². The number of ether oxygens (including phenoxy) is 1. The van der Waals surface area contributed by atoms with Crippen molar-refractivity contribution < 1.29 is 13.9 Å². The second-order valence-corrected chi connectivity index (χ2v) is 4.86. The van der Waals surface area contributed by atoms with E-state index in [1.54, 1.807) is 24.4 Å². The maximum Gasteiger partial charge on any atom is 0.414 e. The van der Waals surface area contributed by atoms with Gasteiger partial charge in [0.2, 0.25) is 0 Å². The Morgan fingerprint density at radius 2 is 2.27 bits per heavy atom. The molecular formula is C15H13FN4O2. The summed E-state index contributed by atoms with van der Waals surface area (Å²) in [5.74, 6) is -0.533. The summed E-state index contributed by atoms with van der Waals surface area (Å²) in [7, 11) is 0. The number of carbonyl (C=O) groups excluding carboxylic acids is 1. The average molecular weight is 300 g/mol. The molecule has 1 aliphatic heterocycles. The summed E-state index contributed by atoms with van der Waals surface area (Å²) < 4.78 is 20.9. The lowest BCUT2D eigenvalue weighted by atomic mass is 10.2. The van der Waals surface area contributed by atoms with Crippen LogP contribution in [0.4, 0.5) is 14.9 Å². The van der Waals surface area contributed by atoms with E-state index in [9.17, 15) is 9.18 Å². The molecule has 1 fully saturated rings. The molecule has 2 aromatic rings. The van der Waals surface area contributed by atoms with Gasteiger partial charge in [-0.1, -0.05) is 0 Å². The predicted molar refractivity (Wildman–Crippen MR) is 77.1 cm³/mol. The van der Waals surface area contributed by atoms with Gasteiger partial charge in [0.15, 0.2) is 0 Å². The van der Waals surface area contributed by atoms with Gasteiger partial charge in [-0.05, 0) is 30.3 Å². The zero-order valence-corrected chi connectivity index (χ0v) is 11.6. The molecule has 2 N–H and O–H groups in total. The van der Waals surface area contributed by atoms with Crippen LogP contribution in [0, 0.1) is 17.1 Å². The third-order valence-electron chi connectivity index (χ3n) is 3.50. The number of amides is 1. The van der Waals surface area contributed by atoms with Crippen LogP contribution < -0.4 is 10.6 Å². The van der Waals surface area contributed by atoms with Crippen molar-refractivity contribution >= 4 is 11.8 Å². The van der Waals surface area contributed by atoms with Crippen molar-refractivity contribution in [2.24, 2.45) is 5.73 Å². The number of aromatic nitrogens is 1. The lowest BCUT2D eigenvalue weighted by molar-refractivity contribution is 0.145. The molecule has 7 heteroatoms. The highest BCUT2D eigenvalue weighted by Gasteiger charge is 2.31. The minimum atomic E-state index is -0.540. The maximum absolute atomic E-state index is 14.4. The molecule has 0 radical (unpaired) electrons. The van der Waals surface area contributed by atoms with E-state index in [2.05, 4.69) is 0 Å². The van der Waals surface area contributed by atoms with Gasteiger partial charge in [0.25, 0.3) is 0 Å². The summed E-state index contributed by atoms with van der Waals surface area (Å²) in [5, 5.41) is 9.00. The van der Waals surface area contributed by atoms with Gasteiger partial charge in [0.05, 0.1) is 17.9 Å². The van der Waals surface area contributed by atoms with Crippen LogP contribution in [0.5, 0.6) is 0 Å². The van der Waals surface area contributed by atoms with Crippen molar-refractivity contribution in [3.63, 3.8) is 0 Å². The van der Waals surface area contributed by atoms with Crippen LogP contribution in [0.3, 0.4) is 0 Å². The summed E-state index contributed by atoms with van der Waals surface area (Å²) in [6.45, 7) is 0.513. The van der Waals surface area contributed by atoms with Gasteiger partial charge in [-0.3, -0.25) is 4.90 Å². The number of benzene rings is 1. The van der Waals surface area contributed by atoms with E-state index < -0.39 is 11.9 Å². The molecular weight excluding hydrogens is 287 g/mol. The quantitative estimate of drug-likeness (QED) is 0.936. The van der Waals surface area contributed by atoms with E-state index >= 15 is 0 Å². The fraction of sp³-hybridized carbons (Fsp3) is 0.200. The second kappa shape index (κ2) is 5.50. The monoisotopic (exact) mass is 300 g/mol. The van der Waals surface area contributed by atoms with Gasteiger partial charge in [-0.2, -0.15) is 5.26 Å². The number of carbonyl (C=O) groups is 1. The highest BCUT2D eigenvalue weighted by atomic mass is 19.1. The van der Waals surface area contributed by atoms with Gasteiger partial charge in [0.1, 0.15) is 23.7 Å². The number of halogens is 1. The van der Waals surface area contributed by atoms with Gasteiger partial charge < -0.3 is 15.0 Å². The molecule has 0 aliphatic carbocycles. The molecule has 1 saturated heterocycles. The number of cyclic esters (lactones) is 1. The molecule has 0 saturated carbocycles. The van der Waals surface area contributed by atoms with Crippen molar-refractivity contribution in [1.82, 2.24) is 4.57 Å². The van der Waals surface area contributed by atoms with Gasteiger partial charge in [0, 0.05) is 12.7 Å². The van der Waals surface area contributed by atoms with E-state index in [1.165, 1.54) is 21.6 Å². The van der Waals surface area contributed by atoms with E-state index in [1.807, 2.05) is 6.07 Å². The third kappa shape index (κ3) is 2.29. The van der Waals surface area contributed by atoms with Crippen molar-refractivity contribution in [2.45, 2.75) is 6.10 Å². The van der Waals surface area contributed by atoms with Crippen molar-refractivity contribution in [3.8, 4) is 11.8 Å². The van der Waals surface area contributed by atoms with Crippen molar-refractivity contribution in [2.75, 3.05) is 18.0 Å². The molecule has 1 aliphatic rings. The van der Waals surface area contributed by atoms with Crippen LogP contribution in [0.1, 0.15) is 5.69 Å². The van der Waals surface area contributed by atoms with Gasteiger partial charge >= 0.3 is 6.09 Å². The van der Waals surface area contributed by atoms with Crippen LogP contribution >= 0.6 is 0 Å². The minimum Gasteiger partial charge on any atom is -0.443 e. The van der Waals surface area contributed by atoms with Gasteiger partial charge in [-0.25, -0.2) is 9.18 Å². The third-order valence-corrected chi connectivity index (χ3v) is 3.50. The highest BCUT2D eigenvalue weighted by Crippen LogP contribution is 2.26. The zero-order valence-electron chi connectivity index (χ0n) is 11.6. The summed E-state index contributed by atoms with van der Waals surface area (Å²) in [6, 6.07) is 9.63. The smallest absolute Gasteiger partial charge is 0.414 e. The van der Waals surface area contributed by atoms with Crippen LogP contribution in [0.2, 0.25) is 0 Å². The topological polar surface area (TPSA) is 84.3 Å². The first-order chi connectivity index (χ1) is 10.6. The van der Waals surface area contributed by atoms with Crippen LogP contribution in [0.25, 0.3) is 5.69 Å². The summed E-state index contributed by atoms with van der Waals surface area (Å²) in [5.41, 5.74) is 6.44. The lowest BCUT2D eigenvalue weighted by Gasteiger charge is -2.15. The number of nitrogens with zero attached hydrogens (tertiary/aromatic N) is 3. The summed E-state index contributed by atoms with van der Waals surface area (Å²) >= 11 is 0. The Balaban J connectivity index is 1.94. The molecule has 1 aromatic carbocycles. The number of hydrogen-bond donors (Lipinski definition) is 1. The molecule has 0 bridgehead atoms. The SMILES string of the molecule is N#Cc1cccn1-c1ccc(N2C[C@H](CN)OC2=O)cc1F. The first-order valence-electron chi connectivity index (χ1n) is 6.69. The highest BCUT2D eigenvalue weighted by molar-refractivity contribution is 5.89. The second-order valence-electron chi connectivity index (χ2n) is 4.86. The van der Waals surface area contributed by atoms with Crippen molar-refractivity contribution in [3.05, 3.63) is 48.0 Å². The summed E-state index contributed by atoms with van der Waals surface area (Å²) in [4.78, 5) is 13.1. The molecule has 22 heavy (non-hydrogen) atoms. The number of rotatable bonds is 3. The Hall–Kier alpha value is -2.85. The lowest BCUT2D eigenvalue weighted by Crippen LogP contribution is -2.27. The molecule has 0 unspecified atom stereocenters. The molecule has 3 rings (SSSR count). The Labute approximate surface area is 126 Å². The molecule has 0 spiro atoms. The Morgan fingerprint density at radius 3 is 2.91 bits per heavy atom. The number of nitriles is 1. The maximum atomic E-state index is 14.4. The van der Waals surface area contributed by atoms with E-state index in [-0.39, 0.29) is 18.3 Å². The predicted octanol–water partition coefficient (Wildman–Crippen LogP) is 1.77. The molecule has 1 amide bonds. The first kappa shape index (κ1) is 14.1. The van der Waals surface area contributed by atoms with Crippen LogP contribution in [-0.2, 0) is 4.74 Å². The van der Waals surface area contributed by atoms with E-state index in [4.69, 9.17) is 15.7 Å². The fourth-order valence-corrected chi connectivity index (χ4v) is 2.40. The molecule has 1 atom stereocenters. The van der Waals surface area contributed by atoms with Crippen LogP contribution in [0.15, 0.2) is 36.5 Å². The molecule has 2 heterocycles. The Kier molecular flexibility index (Phi) is 3.53. The number of nitrogens with two attached hydrogens (primary N) is 1. The number of hydrogen-bond acceptors (Lipinski definition) is 4. The normalized spacial score (nSPS) is 17.4. The van der Waals surface area contributed by atoms with E-state index in [0.29, 0.717) is 17.9 Å². The molecule has 1 aromatic heterocycles. The van der Waals surface area contributed by atoms with Gasteiger partial charge in [-0.15, -0.1) is 0 Å². The molecule has 112 valence electrons. The Bertz CT molecular complexity index is 765. The summed E-state index contributed by atoms with van der Waals surface area (Å²) in [6.07, 6.45) is 0.678. The minimum absolute atomic E-state index is 0.220. The average Bonchev–Trinajstić information content (AvgIpc) is 3.13. The number of anilines is 1. The standard InChI is InChI=1S/C15H13FN4O2/c16-13-6-10(20-9-12(8-18)22-15(20)21)3-4-14(13)19-5-1-2-11(19)7-17/h1-6,12H,8-9,18H2/t12-/m0/s1. The van der Waals surface area contributed by atoms with Crippen molar-refractivity contribution in [1.29, 1.82) is 5.26 Å². The van der Waals surface area contributed by atoms with Crippen LogP contribution in [-0.4, -0.2) is 29.9 Å². The fourth-order valence-electron chi connectivity index (χ4n) is 2.40. The Morgan fingerprint density at radius 1 is 1.45 bits per heavy atom. The zero-order chi connectivity index (χ0) is 15.7. The first-order valence-corrected chi connectivity index (χ1v) is 6.69. The largest absolute Gasteiger partial charge is 0.443 e.